The van der Waals surface area contributed by atoms with E-state index in [4.69, 9.17) is 22.1 Å². The third-order valence-electron chi connectivity index (χ3n) is 3.19. The van der Waals surface area contributed by atoms with E-state index in [2.05, 4.69) is 11.1 Å². The highest BCUT2D eigenvalue weighted by atomic mass is 35.5. The molecule has 100 valence electrons. The van der Waals surface area contributed by atoms with Crippen molar-refractivity contribution in [2.24, 2.45) is 5.73 Å². The number of methoxy groups -OCH3 is 1. The summed E-state index contributed by atoms with van der Waals surface area (Å²) >= 11 is 5.84. The van der Waals surface area contributed by atoms with Crippen LogP contribution in [0.5, 0.6) is 5.75 Å². The zero-order valence-corrected chi connectivity index (χ0v) is 12.0. The molecule has 0 saturated carbocycles. The summed E-state index contributed by atoms with van der Waals surface area (Å²) in [7, 11) is 1.67. The van der Waals surface area contributed by atoms with E-state index in [0.29, 0.717) is 5.02 Å². The number of hydrogen-bond donors (Lipinski definition) is 1. The standard InChI is InChI=1S/C15H17ClN2O/c1-9-7-14(19-3)10(2)6-12(9)15(17)13-5-4-11(16)8-18-13/h4-8,15H,17H2,1-3H3. The Labute approximate surface area is 118 Å². The third kappa shape index (κ3) is 2.88. The molecule has 0 amide bonds. The molecular formula is C15H17ClN2O. The van der Waals surface area contributed by atoms with Gasteiger partial charge in [0.15, 0.2) is 0 Å². The number of halogens is 1. The van der Waals surface area contributed by atoms with Gasteiger partial charge in [0.25, 0.3) is 0 Å². The van der Waals surface area contributed by atoms with Crippen LogP contribution in [0.3, 0.4) is 0 Å². The van der Waals surface area contributed by atoms with Gasteiger partial charge in [-0.1, -0.05) is 17.7 Å². The van der Waals surface area contributed by atoms with Gasteiger partial charge in [-0.3, -0.25) is 4.98 Å². The Hall–Kier alpha value is -1.58. The minimum Gasteiger partial charge on any atom is -0.496 e. The van der Waals surface area contributed by atoms with Crippen LogP contribution in [0.25, 0.3) is 0 Å². The highest BCUT2D eigenvalue weighted by molar-refractivity contribution is 6.30. The first-order valence-corrected chi connectivity index (χ1v) is 6.43. The molecule has 2 rings (SSSR count). The molecule has 1 atom stereocenters. The number of hydrogen-bond acceptors (Lipinski definition) is 3. The van der Waals surface area contributed by atoms with Crippen molar-refractivity contribution >= 4 is 11.6 Å². The number of ether oxygens (including phenoxy) is 1. The van der Waals surface area contributed by atoms with Gasteiger partial charge in [-0.05, 0) is 48.7 Å². The predicted molar refractivity (Wildman–Crippen MR) is 77.7 cm³/mol. The summed E-state index contributed by atoms with van der Waals surface area (Å²) in [6.45, 7) is 4.02. The number of nitrogens with zero attached hydrogens (tertiary/aromatic N) is 1. The van der Waals surface area contributed by atoms with E-state index in [9.17, 15) is 0 Å². The summed E-state index contributed by atoms with van der Waals surface area (Å²) in [4.78, 5) is 4.28. The first-order chi connectivity index (χ1) is 9.02. The van der Waals surface area contributed by atoms with E-state index in [-0.39, 0.29) is 6.04 Å². The summed E-state index contributed by atoms with van der Waals surface area (Å²) in [6, 6.07) is 7.44. The van der Waals surface area contributed by atoms with Gasteiger partial charge in [-0.15, -0.1) is 0 Å². The molecule has 1 unspecified atom stereocenters. The van der Waals surface area contributed by atoms with Crippen LogP contribution in [0.4, 0.5) is 0 Å². The highest BCUT2D eigenvalue weighted by Crippen LogP contribution is 2.28. The van der Waals surface area contributed by atoms with E-state index in [1.165, 1.54) is 0 Å². The van der Waals surface area contributed by atoms with Crippen molar-refractivity contribution in [3.05, 3.63) is 57.9 Å². The smallest absolute Gasteiger partial charge is 0.122 e. The lowest BCUT2D eigenvalue weighted by atomic mass is 9.96. The Morgan fingerprint density at radius 1 is 1.21 bits per heavy atom. The molecule has 3 nitrogen and oxygen atoms in total. The number of pyridine rings is 1. The van der Waals surface area contributed by atoms with Crippen LogP contribution >= 0.6 is 11.6 Å². The van der Waals surface area contributed by atoms with E-state index < -0.39 is 0 Å². The molecule has 0 aliphatic rings. The van der Waals surface area contributed by atoms with Crippen molar-refractivity contribution in [2.75, 3.05) is 7.11 Å². The van der Waals surface area contributed by atoms with Crippen LogP contribution in [0, 0.1) is 13.8 Å². The maximum Gasteiger partial charge on any atom is 0.122 e. The number of rotatable bonds is 3. The second kappa shape index (κ2) is 5.59. The SMILES string of the molecule is COc1cc(C)c(C(N)c2ccc(Cl)cn2)cc1C. The summed E-state index contributed by atoms with van der Waals surface area (Å²) in [6.07, 6.45) is 1.61. The fourth-order valence-corrected chi connectivity index (χ4v) is 2.21. The average Bonchev–Trinajstić information content (AvgIpc) is 2.41. The summed E-state index contributed by atoms with van der Waals surface area (Å²) in [5.74, 6) is 0.873. The molecule has 0 aliphatic carbocycles. The molecule has 19 heavy (non-hydrogen) atoms. The number of benzene rings is 1. The maximum atomic E-state index is 6.28. The Bertz CT molecular complexity index is 581. The van der Waals surface area contributed by atoms with Crippen LogP contribution in [0.15, 0.2) is 30.5 Å². The van der Waals surface area contributed by atoms with Gasteiger partial charge >= 0.3 is 0 Å². The molecule has 2 N–H and O–H groups in total. The van der Waals surface area contributed by atoms with Crippen molar-refractivity contribution in [3.63, 3.8) is 0 Å². The molecule has 1 heterocycles. The summed E-state index contributed by atoms with van der Waals surface area (Å²) < 4.78 is 5.31. The normalized spacial score (nSPS) is 12.3. The summed E-state index contributed by atoms with van der Waals surface area (Å²) in [5, 5.41) is 0.610. The molecule has 4 heteroatoms. The van der Waals surface area contributed by atoms with E-state index in [1.54, 1.807) is 19.4 Å². The molecule has 0 radical (unpaired) electrons. The maximum absolute atomic E-state index is 6.28. The molecule has 1 aromatic carbocycles. The first kappa shape index (κ1) is 13.8. The van der Waals surface area contributed by atoms with Crippen LogP contribution in [0.2, 0.25) is 5.02 Å². The lowest BCUT2D eigenvalue weighted by Crippen LogP contribution is -2.15. The van der Waals surface area contributed by atoms with Gasteiger partial charge in [0.2, 0.25) is 0 Å². The third-order valence-corrected chi connectivity index (χ3v) is 3.41. The Morgan fingerprint density at radius 2 is 1.95 bits per heavy atom. The Kier molecular flexibility index (Phi) is 4.08. The summed E-state index contributed by atoms with van der Waals surface area (Å²) in [5.41, 5.74) is 10.3. The Balaban J connectivity index is 2.41. The number of aromatic nitrogens is 1. The minimum atomic E-state index is -0.262. The van der Waals surface area contributed by atoms with E-state index in [0.717, 1.165) is 28.1 Å². The molecule has 1 aromatic heterocycles. The quantitative estimate of drug-likeness (QED) is 0.935. The average molecular weight is 277 g/mol. The second-order valence-electron chi connectivity index (χ2n) is 4.56. The van der Waals surface area contributed by atoms with Crippen LogP contribution in [-0.4, -0.2) is 12.1 Å². The molecule has 0 aliphatic heterocycles. The number of aryl methyl sites for hydroxylation is 2. The molecular weight excluding hydrogens is 260 g/mol. The zero-order chi connectivity index (χ0) is 14.0. The van der Waals surface area contributed by atoms with Crippen molar-refractivity contribution in [2.45, 2.75) is 19.9 Å². The first-order valence-electron chi connectivity index (χ1n) is 6.05. The largest absolute Gasteiger partial charge is 0.496 e. The van der Waals surface area contributed by atoms with Gasteiger partial charge < -0.3 is 10.5 Å². The van der Waals surface area contributed by atoms with Gasteiger partial charge in [0.1, 0.15) is 5.75 Å². The van der Waals surface area contributed by atoms with E-state index >= 15 is 0 Å². The second-order valence-corrected chi connectivity index (χ2v) is 4.99. The zero-order valence-electron chi connectivity index (χ0n) is 11.3. The lowest BCUT2D eigenvalue weighted by molar-refractivity contribution is 0.411. The van der Waals surface area contributed by atoms with Gasteiger partial charge in [-0.25, -0.2) is 0 Å². The highest BCUT2D eigenvalue weighted by Gasteiger charge is 2.14. The van der Waals surface area contributed by atoms with Gasteiger partial charge in [-0.2, -0.15) is 0 Å². The minimum absolute atomic E-state index is 0.262. The number of nitrogens with two attached hydrogens (primary N) is 1. The van der Waals surface area contributed by atoms with Crippen molar-refractivity contribution in [3.8, 4) is 5.75 Å². The lowest BCUT2D eigenvalue weighted by Gasteiger charge is -2.17. The van der Waals surface area contributed by atoms with Crippen LogP contribution in [-0.2, 0) is 0 Å². The van der Waals surface area contributed by atoms with Crippen LogP contribution < -0.4 is 10.5 Å². The molecule has 0 bridgehead atoms. The van der Waals surface area contributed by atoms with Gasteiger partial charge in [0, 0.05) is 6.20 Å². The topological polar surface area (TPSA) is 48.1 Å². The molecule has 0 spiro atoms. The Morgan fingerprint density at radius 3 is 2.53 bits per heavy atom. The van der Waals surface area contributed by atoms with Crippen molar-refractivity contribution < 1.29 is 4.74 Å². The molecule has 0 saturated heterocycles. The molecule has 2 aromatic rings. The molecule has 0 fully saturated rings. The van der Waals surface area contributed by atoms with Crippen molar-refractivity contribution in [1.29, 1.82) is 0 Å². The van der Waals surface area contributed by atoms with Crippen molar-refractivity contribution in [1.82, 2.24) is 4.98 Å². The monoisotopic (exact) mass is 276 g/mol. The van der Waals surface area contributed by atoms with Gasteiger partial charge in [0.05, 0.1) is 23.9 Å². The fraction of sp³-hybridized carbons (Fsp3) is 0.267. The van der Waals surface area contributed by atoms with E-state index in [1.807, 2.05) is 26.0 Å². The fourth-order valence-electron chi connectivity index (χ4n) is 2.10. The van der Waals surface area contributed by atoms with Crippen LogP contribution in [0.1, 0.15) is 28.4 Å². The predicted octanol–water partition coefficient (Wildman–Crippen LogP) is 3.41.